The van der Waals surface area contributed by atoms with Gasteiger partial charge in [-0.25, -0.2) is 13.4 Å². The summed E-state index contributed by atoms with van der Waals surface area (Å²) < 4.78 is 27.0. The predicted octanol–water partition coefficient (Wildman–Crippen LogP) is 3.83. The summed E-state index contributed by atoms with van der Waals surface area (Å²) in [7, 11) is -3.66. The van der Waals surface area contributed by atoms with Crippen molar-refractivity contribution < 1.29 is 13.2 Å². The molecule has 7 heteroatoms. The lowest BCUT2D eigenvalue weighted by Gasteiger charge is -2.09. The molecule has 0 aliphatic heterocycles. The van der Waals surface area contributed by atoms with Crippen molar-refractivity contribution in [2.75, 3.05) is 10.0 Å². The lowest BCUT2D eigenvalue weighted by molar-refractivity contribution is 0.101. The van der Waals surface area contributed by atoms with Crippen LogP contribution in [0.4, 0.5) is 17.2 Å². The minimum atomic E-state index is -3.66. The highest BCUT2D eigenvalue weighted by molar-refractivity contribution is 7.92. The quantitative estimate of drug-likeness (QED) is 0.647. The van der Waals surface area contributed by atoms with E-state index in [1.54, 1.807) is 54.6 Å². The number of benzene rings is 2. The topological polar surface area (TPSA) is 88.2 Å². The molecule has 0 spiro atoms. The molecule has 0 aliphatic carbocycles. The van der Waals surface area contributed by atoms with E-state index in [2.05, 4.69) is 15.0 Å². The Morgan fingerprint density at radius 1 is 0.885 bits per heavy atom. The lowest BCUT2D eigenvalue weighted by atomic mass is 10.1. The minimum absolute atomic E-state index is 0.00766. The molecule has 132 valence electrons. The summed E-state index contributed by atoms with van der Waals surface area (Å²) in [4.78, 5) is 15.6. The Morgan fingerprint density at radius 3 is 2.12 bits per heavy atom. The molecular formula is C19H17N3O3S. The molecule has 0 atom stereocenters. The van der Waals surface area contributed by atoms with E-state index in [-0.39, 0.29) is 16.5 Å². The monoisotopic (exact) mass is 367 g/mol. The predicted molar refractivity (Wildman–Crippen MR) is 101 cm³/mol. The van der Waals surface area contributed by atoms with Gasteiger partial charge in [-0.15, -0.1) is 0 Å². The Kier molecular flexibility index (Phi) is 4.99. The van der Waals surface area contributed by atoms with Gasteiger partial charge in [0.15, 0.2) is 5.78 Å². The Balaban J connectivity index is 1.69. The first-order valence-corrected chi connectivity index (χ1v) is 9.34. The second kappa shape index (κ2) is 7.37. The average Bonchev–Trinajstić information content (AvgIpc) is 2.64. The van der Waals surface area contributed by atoms with Gasteiger partial charge in [-0.2, -0.15) is 0 Å². The number of hydrogen-bond donors (Lipinski definition) is 2. The van der Waals surface area contributed by atoms with E-state index in [1.165, 1.54) is 25.3 Å². The summed E-state index contributed by atoms with van der Waals surface area (Å²) in [5, 5.41) is 3.14. The molecule has 1 heterocycles. The summed E-state index contributed by atoms with van der Waals surface area (Å²) >= 11 is 0. The highest BCUT2D eigenvalue weighted by Crippen LogP contribution is 2.19. The molecule has 6 nitrogen and oxygen atoms in total. The van der Waals surface area contributed by atoms with Crippen LogP contribution in [0, 0.1) is 0 Å². The van der Waals surface area contributed by atoms with Gasteiger partial charge in [0, 0.05) is 11.3 Å². The van der Waals surface area contributed by atoms with Crippen molar-refractivity contribution in [3.63, 3.8) is 0 Å². The molecule has 2 N–H and O–H groups in total. The molecule has 26 heavy (non-hydrogen) atoms. The van der Waals surface area contributed by atoms with Gasteiger partial charge in [0.2, 0.25) is 0 Å². The average molecular weight is 367 g/mol. The fourth-order valence-electron chi connectivity index (χ4n) is 2.28. The summed E-state index contributed by atoms with van der Waals surface area (Å²) in [5.74, 6) is 0.236. The second-order valence-corrected chi connectivity index (χ2v) is 7.29. The molecule has 2 aromatic carbocycles. The normalized spacial score (nSPS) is 11.0. The highest BCUT2D eigenvalue weighted by atomic mass is 32.2. The molecular weight excluding hydrogens is 350 g/mol. The second-order valence-electron chi connectivity index (χ2n) is 5.61. The molecule has 0 amide bonds. The molecule has 3 rings (SSSR count). The zero-order valence-corrected chi connectivity index (χ0v) is 14.8. The van der Waals surface area contributed by atoms with Crippen LogP contribution in [0.5, 0.6) is 0 Å². The number of carbonyl (C=O) groups excluding carboxylic acids is 1. The van der Waals surface area contributed by atoms with E-state index in [9.17, 15) is 13.2 Å². The Labute approximate surface area is 152 Å². The standard InChI is InChI=1S/C19H17N3O3S/c1-14(23)15-7-9-16(10-8-15)21-17-11-12-19(20-13-17)22-26(24,25)18-5-3-2-4-6-18/h2-13,21H,1H3,(H,20,22). The van der Waals surface area contributed by atoms with E-state index >= 15 is 0 Å². The molecule has 0 unspecified atom stereocenters. The first kappa shape index (κ1) is 17.6. The number of rotatable bonds is 6. The van der Waals surface area contributed by atoms with Crippen LogP contribution in [0.1, 0.15) is 17.3 Å². The van der Waals surface area contributed by atoms with Gasteiger partial charge in [-0.3, -0.25) is 9.52 Å². The van der Waals surface area contributed by atoms with E-state index < -0.39 is 10.0 Å². The van der Waals surface area contributed by atoms with E-state index in [1.807, 2.05) is 0 Å². The lowest BCUT2D eigenvalue weighted by Crippen LogP contribution is -2.13. The molecule has 0 fully saturated rings. The van der Waals surface area contributed by atoms with Gasteiger partial charge in [0.25, 0.3) is 10.0 Å². The first-order chi connectivity index (χ1) is 12.4. The van der Waals surface area contributed by atoms with Crippen molar-refractivity contribution in [3.05, 3.63) is 78.5 Å². The molecule has 0 radical (unpaired) electrons. The van der Waals surface area contributed by atoms with Crippen LogP contribution >= 0.6 is 0 Å². The molecule has 0 aliphatic rings. The van der Waals surface area contributed by atoms with Gasteiger partial charge < -0.3 is 5.32 Å². The number of carbonyl (C=O) groups is 1. The SMILES string of the molecule is CC(=O)c1ccc(Nc2ccc(NS(=O)(=O)c3ccccc3)nc2)cc1. The molecule has 0 bridgehead atoms. The fourth-order valence-corrected chi connectivity index (χ4v) is 3.31. The van der Waals surface area contributed by atoms with Gasteiger partial charge in [0.05, 0.1) is 16.8 Å². The Bertz CT molecular complexity index is 1000. The zero-order valence-electron chi connectivity index (χ0n) is 14.0. The largest absolute Gasteiger partial charge is 0.354 e. The van der Waals surface area contributed by atoms with Crippen molar-refractivity contribution in [1.82, 2.24) is 4.98 Å². The third kappa shape index (κ3) is 4.25. The van der Waals surface area contributed by atoms with Crippen molar-refractivity contribution >= 4 is 33.0 Å². The number of sulfonamides is 1. The number of anilines is 3. The molecule has 1 aromatic heterocycles. The maximum Gasteiger partial charge on any atom is 0.263 e. The summed E-state index contributed by atoms with van der Waals surface area (Å²) in [6.07, 6.45) is 1.53. The third-order valence-corrected chi connectivity index (χ3v) is 5.01. The van der Waals surface area contributed by atoms with Crippen molar-refractivity contribution in [3.8, 4) is 0 Å². The highest BCUT2D eigenvalue weighted by Gasteiger charge is 2.13. The van der Waals surface area contributed by atoms with Gasteiger partial charge in [-0.1, -0.05) is 18.2 Å². The zero-order chi connectivity index (χ0) is 18.6. The smallest absolute Gasteiger partial charge is 0.263 e. The van der Waals surface area contributed by atoms with Crippen LogP contribution in [0.2, 0.25) is 0 Å². The number of Topliss-reactive ketones (excluding diaryl/α,β-unsaturated/α-hetero) is 1. The van der Waals surface area contributed by atoms with E-state index in [0.29, 0.717) is 11.3 Å². The van der Waals surface area contributed by atoms with E-state index in [0.717, 1.165) is 5.69 Å². The summed E-state index contributed by atoms with van der Waals surface area (Å²) in [5.41, 5.74) is 2.14. The van der Waals surface area contributed by atoms with Crippen LogP contribution in [0.25, 0.3) is 0 Å². The van der Waals surface area contributed by atoms with Gasteiger partial charge >= 0.3 is 0 Å². The number of nitrogens with zero attached hydrogens (tertiary/aromatic N) is 1. The van der Waals surface area contributed by atoms with Crippen molar-refractivity contribution in [2.24, 2.45) is 0 Å². The van der Waals surface area contributed by atoms with Crippen molar-refractivity contribution in [2.45, 2.75) is 11.8 Å². The number of pyridine rings is 1. The maximum absolute atomic E-state index is 12.3. The summed E-state index contributed by atoms with van der Waals surface area (Å²) in [6, 6.07) is 18.5. The molecule has 0 saturated heterocycles. The Hall–Kier alpha value is -3.19. The van der Waals surface area contributed by atoms with Crippen LogP contribution in [0.15, 0.2) is 77.8 Å². The number of aromatic nitrogens is 1. The fraction of sp³-hybridized carbons (Fsp3) is 0.0526. The van der Waals surface area contributed by atoms with Crippen LogP contribution in [-0.2, 0) is 10.0 Å². The number of nitrogens with one attached hydrogen (secondary N) is 2. The number of hydrogen-bond acceptors (Lipinski definition) is 5. The van der Waals surface area contributed by atoms with Crippen molar-refractivity contribution in [1.29, 1.82) is 0 Å². The maximum atomic E-state index is 12.3. The first-order valence-electron chi connectivity index (χ1n) is 7.86. The van der Waals surface area contributed by atoms with Gasteiger partial charge in [-0.05, 0) is 55.5 Å². The van der Waals surface area contributed by atoms with Crippen LogP contribution in [0.3, 0.4) is 0 Å². The molecule has 0 saturated carbocycles. The minimum Gasteiger partial charge on any atom is -0.354 e. The third-order valence-electron chi connectivity index (χ3n) is 3.64. The van der Waals surface area contributed by atoms with E-state index in [4.69, 9.17) is 0 Å². The molecule has 3 aromatic rings. The Morgan fingerprint density at radius 2 is 1.54 bits per heavy atom. The van der Waals surface area contributed by atoms with Gasteiger partial charge in [0.1, 0.15) is 5.82 Å². The number of ketones is 1. The van der Waals surface area contributed by atoms with Crippen LogP contribution < -0.4 is 10.0 Å². The summed E-state index contributed by atoms with van der Waals surface area (Å²) in [6.45, 7) is 1.52. The van der Waals surface area contributed by atoms with Crippen LogP contribution in [-0.4, -0.2) is 19.2 Å².